The van der Waals surface area contributed by atoms with Crippen LogP contribution in [0.5, 0.6) is 0 Å². The number of pyridine rings is 1. The van der Waals surface area contributed by atoms with Gasteiger partial charge in [-0.15, -0.1) is 0 Å². The third-order valence-corrected chi connectivity index (χ3v) is 5.80. The molecule has 0 aliphatic carbocycles. The van der Waals surface area contributed by atoms with Crippen LogP contribution in [0.1, 0.15) is 37.8 Å². The number of nitrogens with one attached hydrogen (secondary N) is 1. The molecule has 7 nitrogen and oxygen atoms in total. The molecule has 2 aliphatic heterocycles. The second-order valence-electron chi connectivity index (χ2n) is 8.21. The van der Waals surface area contributed by atoms with E-state index in [4.69, 9.17) is 0 Å². The van der Waals surface area contributed by atoms with E-state index in [0.717, 1.165) is 31.5 Å². The van der Waals surface area contributed by atoms with Gasteiger partial charge in [0.2, 0.25) is 5.91 Å². The Morgan fingerprint density at radius 3 is 2.42 bits per heavy atom. The van der Waals surface area contributed by atoms with E-state index in [9.17, 15) is 14.4 Å². The van der Waals surface area contributed by atoms with E-state index in [0.29, 0.717) is 28.4 Å². The van der Waals surface area contributed by atoms with E-state index >= 15 is 0 Å². The topological polar surface area (TPSA) is 82.6 Å². The number of amides is 3. The SMILES string of the molecule is CC(=O)Nc1ccc(C2=C(N3CCC(C)CC3)C(=O)N(Cc3cccnc3)C2=O)cc1. The second-order valence-corrected chi connectivity index (χ2v) is 8.21. The van der Waals surface area contributed by atoms with Crippen molar-refractivity contribution >= 4 is 29.0 Å². The van der Waals surface area contributed by atoms with Crippen LogP contribution in [0.15, 0.2) is 54.5 Å². The fraction of sp³-hybridized carbons (Fsp3) is 0.333. The van der Waals surface area contributed by atoms with Crippen molar-refractivity contribution in [3.63, 3.8) is 0 Å². The number of benzene rings is 1. The number of hydrogen-bond acceptors (Lipinski definition) is 5. The van der Waals surface area contributed by atoms with E-state index in [2.05, 4.69) is 22.1 Å². The average Bonchev–Trinajstić information content (AvgIpc) is 3.00. The Labute approximate surface area is 181 Å². The smallest absolute Gasteiger partial charge is 0.278 e. The Morgan fingerprint density at radius 2 is 1.81 bits per heavy atom. The molecule has 0 spiro atoms. The van der Waals surface area contributed by atoms with Gasteiger partial charge in [0.1, 0.15) is 5.70 Å². The number of hydrogen-bond donors (Lipinski definition) is 1. The fourth-order valence-corrected chi connectivity index (χ4v) is 4.09. The maximum atomic E-state index is 13.4. The number of anilines is 1. The van der Waals surface area contributed by atoms with Crippen LogP contribution in [-0.2, 0) is 20.9 Å². The van der Waals surface area contributed by atoms with Crippen molar-refractivity contribution in [2.75, 3.05) is 18.4 Å². The predicted octanol–water partition coefficient (Wildman–Crippen LogP) is 3.05. The molecule has 3 heterocycles. The van der Waals surface area contributed by atoms with Crippen molar-refractivity contribution in [3.8, 4) is 0 Å². The van der Waals surface area contributed by atoms with Gasteiger partial charge in [-0.3, -0.25) is 24.3 Å². The zero-order valence-electron chi connectivity index (χ0n) is 17.8. The first kappa shape index (κ1) is 20.8. The molecule has 1 aromatic carbocycles. The number of piperidine rings is 1. The van der Waals surface area contributed by atoms with Crippen LogP contribution in [0, 0.1) is 5.92 Å². The quantitative estimate of drug-likeness (QED) is 0.755. The highest BCUT2D eigenvalue weighted by Crippen LogP contribution is 2.35. The van der Waals surface area contributed by atoms with Crippen molar-refractivity contribution in [2.45, 2.75) is 33.2 Å². The minimum atomic E-state index is -0.297. The van der Waals surface area contributed by atoms with Crippen LogP contribution in [0.2, 0.25) is 0 Å². The number of rotatable bonds is 5. The number of nitrogens with zero attached hydrogens (tertiary/aromatic N) is 3. The zero-order valence-corrected chi connectivity index (χ0v) is 17.8. The zero-order chi connectivity index (χ0) is 22.0. The van der Waals surface area contributed by atoms with Gasteiger partial charge in [-0.2, -0.15) is 0 Å². The lowest BCUT2D eigenvalue weighted by molar-refractivity contribution is -0.138. The molecule has 4 rings (SSSR count). The van der Waals surface area contributed by atoms with Gasteiger partial charge in [0.15, 0.2) is 0 Å². The Morgan fingerprint density at radius 1 is 1.10 bits per heavy atom. The molecule has 1 N–H and O–H groups in total. The number of imide groups is 1. The highest BCUT2D eigenvalue weighted by Gasteiger charge is 2.42. The summed E-state index contributed by atoms with van der Waals surface area (Å²) in [5, 5.41) is 2.73. The minimum absolute atomic E-state index is 0.162. The molecule has 160 valence electrons. The van der Waals surface area contributed by atoms with Gasteiger partial charge in [0, 0.05) is 38.1 Å². The van der Waals surface area contributed by atoms with E-state index in [1.807, 2.05) is 6.07 Å². The first-order valence-electron chi connectivity index (χ1n) is 10.6. The largest absolute Gasteiger partial charge is 0.366 e. The van der Waals surface area contributed by atoms with Crippen LogP contribution in [0.25, 0.3) is 5.57 Å². The highest BCUT2D eigenvalue weighted by atomic mass is 16.2. The number of aromatic nitrogens is 1. The van der Waals surface area contributed by atoms with Crippen LogP contribution in [0.3, 0.4) is 0 Å². The van der Waals surface area contributed by atoms with Gasteiger partial charge in [0.05, 0.1) is 12.1 Å². The Bertz CT molecular complexity index is 1020. The molecule has 0 unspecified atom stereocenters. The summed E-state index contributed by atoms with van der Waals surface area (Å²) in [5.41, 5.74) is 3.04. The molecular weight excluding hydrogens is 392 g/mol. The van der Waals surface area contributed by atoms with E-state index in [1.165, 1.54) is 11.8 Å². The third kappa shape index (κ3) is 4.35. The summed E-state index contributed by atoms with van der Waals surface area (Å²) in [6, 6.07) is 10.7. The van der Waals surface area contributed by atoms with Gasteiger partial charge >= 0.3 is 0 Å². The third-order valence-electron chi connectivity index (χ3n) is 5.80. The van der Waals surface area contributed by atoms with E-state index < -0.39 is 0 Å². The lowest BCUT2D eigenvalue weighted by Crippen LogP contribution is -2.38. The molecule has 2 aromatic rings. The summed E-state index contributed by atoms with van der Waals surface area (Å²) >= 11 is 0. The van der Waals surface area contributed by atoms with Crippen molar-refractivity contribution in [1.82, 2.24) is 14.8 Å². The van der Waals surface area contributed by atoms with Crippen molar-refractivity contribution in [3.05, 3.63) is 65.6 Å². The molecule has 2 aliphatic rings. The monoisotopic (exact) mass is 418 g/mol. The molecule has 1 saturated heterocycles. The molecule has 0 atom stereocenters. The molecule has 0 bridgehead atoms. The molecule has 1 fully saturated rings. The maximum Gasteiger partial charge on any atom is 0.278 e. The summed E-state index contributed by atoms with van der Waals surface area (Å²) in [6.07, 6.45) is 5.31. The maximum absolute atomic E-state index is 13.4. The molecule has 0 radical (unpaired) electrons. The van der Waals surface area contributed by atoms with Crippen LogP contribution >= 0.6 is 0 Å². The molecular formula is C24H26N4O3. The predicted molar refractivity (Wildman–Crippen MR) is 117 cm³/mol. The van der Waals surface area contributed by atoms with Crippen molar-refractivity contribution in [1.29, 1.82) is 0 Å². The van der Waals surface area contributed by atoms with E-state index in [-0.39, 0.29) is 24.3 Å². The first-order valence-corrected chi connectivity index (χ1v) is 10.6. The Kier molecular flexibility index (Phi) is 5.84. The standard InChI is InChI=1S/C24H26N4O3/c1-16-9-12-27(13-10-16)22-21(19-5-7-20(8-6-19)26-17(2)29)23(30)28(24(22)31)15-18-4-3-11-25-14-18/h3-8,11,14,16H,9-10,12-13,15H2,1-2H3,(H,26,29). The van der Waals surface area contributed by atoms with Gasteiger partial charge in [-0.1, -0.05) is 25.1 Å². The van der Waals surface area contributed by atoms with E-state index in [1.54, 1.807) is 42.7 Å². The van der Waals surface area contributed by atoms with Gasteiger partial charge in [-0.25, -0.2) is 0 Å². The minimum Gasteiger partial charge on any atom is -0.366 e. The van der Waals surface area contributed by atoms with Crippen LogP contribution < -0.4 is 5.32 Å². The molecule has 3 amide bonds. The molecule has 1 aromatic heterocycles. The average molecular weight is 418 g/mol. The van der Waals surface area contributed by atoms with Crippen LogP contribution in [-0.4, -0.2) is 45.6 Å². The lowest BCUT2D eigenvalue weighted by atomic mass is 9.97. The summed E-state index contributed by atoms with van der Waals surface area (Å²) in [4.78, 5) is 45.6. The fourth-order valence-electron chi connectivity index (χ4n) is 4.09. The number of carbonyl (C=O) groups is 3. The number of carbonyl (C=O) groups excluding carboxylic acids is 3. The Balaban J connectivity index is 1.70. The van der Waals surface area contributed by atoms with Crippen LogP contribution in [0.4, 0.5) is 5.69 Å². The lowest BCUT2D eigenvalue weighted by Gasteiger charge is -2.32. The van der Waals surface area contributed by atoms with Crippen molar-refractivity contribution in [2.24, 2.45) is 5.92 Å². The summed E-state index contributed by atoms with van der Waals surface area (Å²) in [5.74, 6) is -0.111. The first-order chi connectivity index (χ1) is 14.9. The molecule has 31 heavy (non-hydrogen) atoms. The molecule has 0 saturated carbocycles. The Hall–Kier alpha value is -3.48. The summed E-state index contributed by atoms with van der Waals surface area (Å²) in [6.45, 7) is 5.35. The number of likely N-dealkylation sites (tertiary alicyclic amines) is 1. The summed E-state index contributed by atoms with van der Waals surface area (Å²) in [7, 11) is 0. The second kappa shape index (κ2) is 8.71. The van der Waals surface area contributed by atoms with Crippen molar-refractivity contribution < 1.29 is 14.4 Å². The normalized spacial score (nSPS) is 17.5. The van der Waals surface area contributed by atoms with Gasteiger partial charge in [-0.05, 0) is 48.1 Å². The van der Waals surface area contributed by atoms with Gasteiger partial charge in [0.25, 0.3) is 11.8 Å². The van der Waals surface area contributed by atoms with Gasteiger partial charge < -0.3 is 10.2 Å². The highest BCUT2D eigenvalue weighted by molar-refractivity contribution is 6.35. The summed E-state index contributed by atoms with van der Waals surface area (Å²) < 4.78 is 0. The molecule has 7 heteroatoms.